The minimum Gasteiger partial charge on any atom is -0.485 e. The zero-order valence-electron chi connectivity index (χ0n) is 7.29. The third kappa shape index (κ3) is 1.95. The van der Waals surface area contributed by atoms with Crippen molar-refractivity contribution >= 4 is 5.69 Å². The van der Waals surface area contributed by atoms with E-state index >= 15 is 0 Å². The molecule has 0 aliphatic carbocycles. The maximum Gasteiger partial charge on any atom is 0.316 e. The topological polar surface area (TPSA) is 52.4 Å². The first-order valence-electron chi connectivity index (χ1n) is 3.82. The number of halogens is 2. The first-order valence-corrected chi connectivity index (χ1v) is 3.82. The average molecular weight is 203 g/mol. The molecule has 1 rings (SSSR count). The number of ether oxygens (including phenoxy) is 1. The minimum atomic E-state index is -1.07. The van der Waals surface area contributed by atoms with Crippen LogP contribution in [0, 0.1) is 21.7 Å². The van der Waals surface area contributed by atoms with Crippen molar-refractivity contribution in [2.24, 2.45) is 0 Å². The van der Waals surface area contributed by atoms with E-state index in [-0.39, 0.29) is 6.61 Å². The Morgan fingerprint density at radius 3 is 2.64 bits per heavy atom. The average Bonchev–Trinajstić information content (AvgIpc) is 2.09. The van der Waals surface area contributed by atoms with Gasteiger partial charge in [-0.25, -0.2) is 8.78 Å². The van der Waals surface area contributed by atoms with Crippen LogP contribution in [0.1, 0.15) is 6.92 Å². The zero-order chi connectivity index (χ0) is 10.7. The van der Waals surface area contributed by atoms with Crippen LogP contribution < -0.4 is 4.74 Å². The van der Waals surface area contributed by atoms with Gasteiger partial charge in [0.2, 0.25) is 5.75 Å². The number of rotatable bonds is 3. The zero-order valence-corrected chi connectivity index (χ0v) is 7.29. The Hall–Kier alpha value is -1.72. The maximum absolute atomic E-state index is 13.0. The number of hydrogen-bond donors (Lipinski definition) is 0. The largest absolute Gasteiger partial charge is 0.485 e. The fourth-order valence-electron chi connectivity index (χ4n) is 0.970. The molecule has 0 saturated heterocycles. The highest BCUT2D eigenvalue weighted by molar-refractivity contribution is 5.47. The van der Waals surface area contributed by atoms with E-state index in [9.17, 15) is 18.9 Å². The molecule has 0 aliphatic rings. The van der Waals surface area contributed by atoms with Gasteiger partial charge in [0, 0.05) is 6.07 Å². The lowest BCUT2D eigenvalue weighted by Gasteiger charge is -2.04. The van der Waals surface area contributed by atoms with Gasteiger partial charge >= 0.3 is 5.69 Å². The fraction of sp³-hybridized carbons (Fsp3) is 0.250. The number of nitrogens with zero attached hydrogens (tertiary/aromatic N) is 1. The summed E-state index contributed by atoms with van der Waals surface area (Å²) in [7, 11) is 0. The molecule has 0 radical (unpaired) electrons. The SMILES string of the molecule is CCOc1c(F)cc(F)cc1[N+](=O)[O-]. The van der Waals surface area contributed by atoms with E-state index < -0.39 is 28.0 Å². The molecule has 0 amide bonds. The normalized spacial score (nSPS) is 9.93. The van der Waals surface area contributed by atoms with E-state index in [1.165, 1.54) is 0 Å². The van der Waals surface area contributed by atoms with Crippen LogP contribution in [-0.2, 0) is 0 Å². The number of benzene rings is 1. The molecule has 1 aromatic rings. The first kappa shape index (κ1) is 10.4. The monoisotopic (exact) mass is 203 g/mol. The van der Waals surface area contributed by atoms with Crippen molar-refractivity contribution in [3.8, 4) is 5.75 Å². The van der Waals surface area contributed by atoms with Crippen molar-refractivity contribution in [2.75, 3.05) is 6.61 Å². The highest BCUT2D eigenvalue weighted by Crippen LogP contribution is 2.30. The Balaban J connectivity index is 3.28. The summed E-state index contributed by atoms with van der Waals surface area (Å²) in [5.74, 6) is -2.60. The van der Waals surface area contributed by atoms with Crippen molar-refractivity contribution in [3.63, 3.8) is 0 Å². The smallest absolute Gasteiger partial charge is 0.316 e. The highest BCUT2D eigenvalue weighted by atomic mass is 19.1. The molecular formula is C8H7F2NO3. The van der Waals surface area contributed by atoms with Gasteiger partial charge in [-0.3, -0.25) is 10.1 Å². The molecule has 1 aromatic carbocycles. The van der Waals surface area contributed by atoms with Crippen LogP contribution in [0.3, 0.4) is 0 Å². The Labute approximate surface area is 78.3 Å². The molecule has 0 saturated carbocycles. The molecule has 0 bridgehead atoms. The number of hydrogen-bond acceptors (Lipinski definition) is 3. The van der Waals surface area contributed by atoms with Crippen LogP contribution in [0.15, 0.2) is 12.1 Å². The molecule has 0 unspecified atom stereocenters. The summed E-state index contributed by atoms with van der Waals surface area (Å²) in [6, 6.07) is 1.16. The second-order valence-electron chi connectivity index (χ2n) is 2.43. The van der Waals surface area contributed by atoms with Gasteiger partial charge in [-0.2, -0.15) is 0 Å². The van der Waals surface area contributed by atoms with Gasteiger partial charge in [-0.15, -0.1) is 0 Å². The highest BCUT2D eigenvalue weighted by Gasteiger charge is 2.21. The number of nitro groups is 1. The molecule has 6 heteroatoms. The molecule has 0 aromatic heterocycles. The van der Waals surface area contributed by atoms with Gasteiger partial charge in [-0.05, 0) is 6.92 Å². The number of nitro benzene ring substituents is 1. The summed E-state index contributed by atoms with van der Waals surface area (Å²) in [5, 5.41) is 10.4. The molecule has 0 spiro atoms. The summed E-state index contributed by atoms with van der Waals surface area (Å²) in [6.07, 6.45) is 0. The van der Waals surface area contributed by atoms with Crippen LogP contribution in [0.4, 0.5) is 14.5 Å². The summed E-state index contributed by atoms with van der Waals surface area (Å²) < 4.78 is 30.3. The van der Waals surface area contributed by atoms with Crippen LogP contribution in [-0.4, -0.2) is 11.5 Å². The quantitative estimate of drug-likeness (QED) is 0.559. The standard InChI is InChI=1S/C8H7F2NO3/c1-2-14-8-6(10)3-5(9)4-7(8)11(12)13/h3-4H,2H2,1H3. The lowest BCUT2D eigenvalue weighted by Crippen LogP contribution is -2.00. The lowest BCUT2D eigenvalue weighted by molar-refractivity contribution is -0.386. The summed E-state index contributed by atoms with van der Waals surface area (Å²) >= 11 is 0. The molecule has 0 N–H and O–H groups in total. The van der Waals surface area contributed by atoms with Crippen molar-refractivity contribution in [3.05, 3.63) is 33.9 Å². The van der Waals surface area contributed by atoms with E-state index in [0.717, 1.165) is 0 Å². The summed E-state index contributed by atoms with van der Waals surface area (Å²) in [4.78, 5) is 9.50. The third-order valence-corrected chi connectivity index (χ3v) is 1.47. The second kappa shape index (κ2) is 3.99. The summed E-state index contributed by atoms with van der Waals surface area (Å²) in [5.41, 5.74) is -0.704. The first-order chi connectivity index (χ1) is 6.56. The van der Waals surface area contributed by atoms with E-state index in [0.29, 0.717) is 12.1 Å². The predicted octanol–water partition coefficient (Wildman–Crippen LogP) is 2.27. The maximum atomic E-state index is 13.0. The molecule has 0 atom stereocenters. The molecule has 14 heavy (non-hydrogen) atoms. The van der Waals surface area contributed by atoms with Crippen molar-refractivity contribution in [1.82, 2.24) is 0 Å². The Bertz CT molecular complexity index is 368. The van der Waals surface area contributed by atoms with E-state index in [1.54, 1.807) is 6.92 Å². The van der Waals surface area contributed by atoms with E-state index in [2.05, 4.69) is 0 Å². The van der Waals surface area contributed by atoms with Crippen LogP contribution in [0.2, 0.25) is 0 Å². The van der Waals surface area contributed by atoms with Crippen molar-refractivity contribution < 1.29 is 18.4 Å². The molecule has 0 aliphatic heterocycles. The van der Waals surface area contributed by atoms with Gasteiger partial charge in [-0.1, -0.05) is 0 Å². The van der Waals surface area contributed by atoms with E-state index in [4.69, 9.17) is 4.74 Å². The second-order valence-corrected chi connectivity index (χ2v) is 2.43. The molecule has 0 fully saturated rings. The van der Waals surface area contributed by atoms with Gasteiger partial charge < -0.3 is 4.74 Å². The third-order valence-electron chi connectivity index (χ3n) is 1.47. The molecule has 0 heterocycles. The predicted molar refractivity (Wildman–Crippen MR) is 44.2 cm³/mol. The van der Waals surface area contributed by atoms with Crippen LogP contribution in [0.5, 0.6) is 5.75 Å². The fourth-order valence-corrected chi connectivity index (χ4v) is 0.970. The van der Waals surface area contributed by atoms with E-state index in [1.807, 2.05) is 0 Å². The minimum absolute atomic E-state index is 0.0728. The van der Waals surface area contributed by atoms with Crippen LogP contribution >= 0.6 is 0 Å². The Kier molecular flexibility index (Phi) is 2.95. The molecule has 76 valence electrons. The summed E-state index contributed by atoms with van der Waals surface area (Å²) in [6.45, 7) is 1.62. The molecular weight excluding hydrogens is 196 g/mol. The molecule has 4 nitrogen and oxygen atoms in total. The van der Waals surface area contributed by atoms with Gasteiger partial charge in [0.25, 0.3) is 0 Å². The lowest BCUT2D eigenvalue weighted by atomic mass is 10.3. The van der Waals surface area contributed by atoms with Crippen molar-refractivity contribution in [1.29, 1.82) is 0 Å². The van der Waals surface area contributed by atoms with Gasteiger partial charge in [0.15, 0.2) is 5.82 Å². The van der Waals surface area contributed by atoms with Gasteiger partial charge in [0.05, 0.1) is 17.6 Å². The Morgan fingerprint density at radius 2 is 2.14 bits per heavy atom. The van der Waals surface area contributed by atoms with Crippen LogP contribution in [0.25, 0.3) is 0 Å². The Morgan fingerprint density at radius 1 is 1.50 bits per heavy atom. The van der Waals surface area contributed by atoms with Crippen molar-refractivity contribution in [2.45, 2.75) is 6.92 Å². The van der Waals surface area contributed by atoms with Gasteiger partial charge in [0.1, 0.15) is 5.82 Å².